The SMILES string of the molecule is CCC(=O)OC1CCC=C(C#N)C1. The highest BCUT2D eigenvalue weighted by atomic mass is 16.5. The number of nitrogens with zero attached hydrogens (tertiary/aromatic N) is 1. The van der Waals surface area contributed by atoms with E-state index >= 15 is 0 Å². The first kappa shape index (κ1) is 9.79. The van der Waals surface area contributed by atoms with Crippen molar-refractivity contribution in [2.75, 3.05) is 0 Å². The smallest absolute Gasteiger partial charge is 0.305 e. The van der Waals surface area contributed by atoms with Crippen molar-refractivity contribution in [2.24, 2.45) is 0 Å². The highest BCUT2D eigenvalue weighted by Gasteiger charge is 2.18. The van der Waals surface area contributed by atoms with Gasteiger partial charge >= 0.3 is 5.97 Å². The van der Waals surface area contributed by atoms with Gasteiger partial charge in [0.15, 0.2) is 0 Å². The predicted molar refractivity (Wildman–Crippen MR) is 47.7 cm³/mol. The maximum absolute atomic E-state index is 11.0. The highest BCUT2D eigenvalue weighted by molar-refractivity contribution is 5.69. The van der Waals surface area contributed by atoms with Crippen LogP contribution < -0.4 is 0 Å². The van der Waals surface area contributed by atoms with Gasteiger partial charge in [0.05, 0.1) is 6.07 Å². The number of carbonyl (C=O) groups is 1. The molecular formula is C10H13NO2. The molecule has 1 rings (SSSR count). The lowest BCUT2D eigenvalue weighted by atomic mass is 9.98. The van der Waals surface area contributed by atoms with Crippen LogP contribution >= 0.6 is 0 Å². The molecule has 0 aromatic rings. The molecule has 0 aliphatic heterocycles. The molecule has 1 atom stereocenters. The second-order valence-corrected chi connectivity index (χ2v) is 3.09. The van der Waals surface area contributed by atoms with Gasteiger partial charge in [-0.25, -0.2) is 0 Å². The van der Waals surface area contributed by atoms with Crippen LogP contribution in [-0.4, -0.2) is 12.1 Å². The third-order valence-electron chi connectivity index (χ3n) is 2.06. The molecule has 13 heavy (non-hydrogen) atoms. The summed E-state index contributed by atoms with van der Waals surface area (Å²) in [5, 5.41) is 8.64. The molecule has 3 nitrogen and oxygen atoms in total. The van der Waals surface area contributed by atoms with Crippen LogP contribution in [0.4, 0.5) is 0 Å². The Labute approximate surface area is 78.0 Å². The summed E-state index contributed by atoms with van der Waals surface area (Å²) in [5.41, 5.74) is 0.736. The zero-order valence-electron chi connectivity index (χ0n) is 7.75. The topological polar surface area (TPSA) is 50.1 Å². The van der Waals surface area contributed by atoms with Crippen molar-refractivity contribution in [1.82, 2.24) is 0 Å². The minimum absolute atomic E-state index is 0.0768. The van der Waals surface area contributed by atoms with E-state index in [-0.39, 0.29) is 12.1 Å². The highest BCUT2D eigenvalue weighted by Crippen LogP contribution is 2.20. The van der Waals surface area contributed by atoms with Gasteiger partial charge in [-0.2, -0.15) is 5.26 Å². The van der Waals surface area contributed by atoms with Gasteiger partial charge in [-0.1, -0.05) is 13.0 Å². The molecule has 70 valence electrons. The van der Waals surface area contributed by atoms with Crippen LogP contribution in [0.1, 0.15) is 32.6 Å². The number of nitriles is 1. The minimum Gasteiger partial charge on any atom is -0.462 e. The molecule has 0 N–H and O–H groups in total. The largest absolute Gasteiger partial charge is 0.462 e. The molecule has 0 saturated heterocycles. The van der Waals surface area contributed by atoms with Gasteiger partial charge in [0.1, 0.15) is 6.10 Å². The predicted octanol–water partition coefficient (Wildman–Crippen LogP) is 1.94. The van der Waals surface area contributed by atoms with Crippen molar-refractivity contribution in [3.05, 3.63) is 11.6 Å². The average molecular weight is 179 g/mol. The molecule has 0 bridgehead atoms. The van der Waals surface area contributed by atoms with Gasteiger partial charge in [0, 0.05) is 18.4 Å². The lowest BCUT2D eigenvalue weighted by Crippen LogP contribution is -2.20. The first-order chi connectivity index (χ1) is 6.26. The van der Waals surface area contributed by atoms with Crippen molar-refractivity contribution in [3.63, 3.8) is 0 Å². The van der Waals surface area contributed by atoms with Gasteiger partial charge in [-0.05, 0) is 12.8 Å². The maximum Gasteiger partial charge on any atom is 0.305 e. The van der Waals surface area contributed by atoms with Crippen molar-refractivity contribution in [2.45, 2.75) is 38.7 Å². The standard InChI is InChI=1S/C10H13NO2/c1-2-10(12)13-9-5-3-4-8(6-9)7-11/h4,9H,2-3,5-6H2,1H3. The van der Waals surface area contributed by atoms with E-state index in [4.69, 9.17) is 10.00 Å². The first-order valence-electron chi connectivity index (χ1n) is 4.55. The third kappa shape index (κ3) is 2.90. The molecule has 1 aliphatic rings. The zero-order chi connectivity index (χ0) is 9.68. The van der Waals surface area contributed by atoms with Gasteiger partial charge in [-0.3, -0.25) is 4.79 Å². The summed E-state index contributed by atoms with van der Waals surface area (Å²) in [6.45, 7) is 1.77. The molecule has 0 saturated carbocycles. The Morgan fingerprint density at radius 1 is 1.85 bits per heavy atom. The summed E-state index contributed by atoms with van der Waals surface area (Å²) in [7, 11) is 0. The van der Waals surface area contributed by atoms with Crippen LogP contribution in [0.5, 0.6) is 0 Å². The van der Waals surface area contributed by atoms with E-state index in [0.717, 1.165) is 18.4 Å². The molecule has 1 unspecified atom stereocenters. The number of carbonyl (C=O) groups excluding carboxylic acids is 1. The molecule has 3 heteroatoms. The number of ether oxygens (including phenoxy) is 1. The molecule has 0 heterocycles. The third-order valence-corrected chi connectivity index (χ3v) is 2.06. The fourth-order valence-corrected chi connectivity index (χ4v) is 1.34. The Kier molecular flexibility index (Phi) is 3.51. The van der Waals surface area contributed by atoms with E-state index in [1.807, 2.05) is 6.08 Å². The van der Waals surface area contributed by atoms with Crippen molar-refractivity contribution in [3.8, 4) is 6.07 Å². The second kappa shape index (κ2) is 4.66. The minimum atomic E-state index is -0.177. The van der Waals surface area contributed by atoms with Crippen LogP contribution in [0.25, 0.3) is 0 Å². The molecule has 1 aliphatic carbocycles. The van der Waals surface area contributed by atoms with Crippen molar-refractivity contribution < 1.29 is 9.53 Å². The maximum atomic E-state index is 11.0. The van der Waals surface area contributed by atoms with E-state index in [9.17, 15) is 4.79 Å². The average Bonchev–Trinajstić information content (AvgIpc) is 2.18. The van der Waals surface area contributed by atoms with Crippen molar-refractivity contribution >= 4 is 5.97 Å². The summed E-state index contributed by atoms with van der Waals surface area (Å²) in [6, 6.07) is 2.09. The normalized spacial score (nSPS) is 21.5. The van der Waals surface area contributed by atoms with Crippen LogP contribution in [0.15, 0.2) is 11.6 Å². The van der Waals surface area contributed by atoms with Gasteiger partial charge in [0.25, 0.3) is 0 Å². The van der Waals surface area contributed by atoms with Gasteiger partial charge in [-0.15, -0.1) is 0 Å². The number of hydrogen-bond acceptors (Lipinski definition) is 3. The molecule has 0 amide bonds. The van der Waals surface area contributed by atoms with E-state index in [0.29, 0.717) is 12.8 Å². The van der Waals surface area contributed by atoms with Gasteiger partial charge in [0.2, 0.25) is 0 Å². The Bertz CT molecular complexity index is 263. The Hall–Kier alpha value is -1.30. The van der Waals surface area contributed by atoms with Crippen LogP contribution in [0, 0.1) is 11.3 Å². The van der Waals surface area contributed by atoms with E-state index in [1.54, 1.807) is 6.92 Å². The molecular weight excluding hydrogens is 166 g/mol. The second-order valence-electron chi connectivity index (χ2n) is 3.09. The quantitative estimate of drug-likeness (QED) is 0.609. The Morgan fingerprint density at radius 2 is 2.62 bits per heavy atom. The molecule has 0 fully saturated rings. The fourth-order valence-electron chi connectivity index (χ4n) is 1.34. The van der Waals surface area contributed by atoms with Crippen LogP contribution in [0.3, 0.4) is 0 Å². The molecule has 0 radical (unpaired) electrons. The summed E-state index contributed by atoms with van der Waals surface area (Å²) >= 11 is 0. The summed E-state index contributed by atoms with van der Waals surface area (Å²) in [5.74, 6) is -0.177. The zero-order valence-corrected chi connectivity index (χ0v) is 7.75. The lowest BCUT2D eigenvalue weighted by molar-refractivity contribution is -0.149. The lowest BCUT2D eigenvalue weighted by Gasteiger charge is -2.19. The van der Waals surface area contributed by atoms with Crippen molar-refractivity contribution in [1.29, 1.82) is 5.26 Å². The number of allylic oxidation sites excluding steroid dienone is 1. The van der Waals surface area contributed by atoms with E-state index < -0.39 is 0 Å². The van der Waals surface area contributed by atoms with E-state index in [2.05, 4.69) is 6.07 Å². The number of esters is 1. The number of rotatable bonds is 2. The monoisotopic (exact) mass is 179 g/mol. The molecule has 0 aromatic heterocycles. The summed E-state index contributed by atoms with van der Waals surface area (Å²) in [4.78, 5) is 11.0. The Morgan fingerprint density at radius 3 is 3.23 bits per heavy atom. The van der Waals surface area contributed by atoms with Crippen LogP contribution in [-0.2, 0) is 9.53 Å². The Balaban J connectivity index is 2.43. The van der Waals surface area contributed by atoms with E-state index in [1.165, 1.54) is 0 Å². The van der Waals surface area contributed by atoms with Crippen LogP contribution in [0.2, 0.25) is 0 Å². The summed E-state index contributed by atoms with van der Waals surface area (Å²) in [6.07, 6.45) is 4.51. The molecule has 0 aromatic carbocycles. The van der Waals surface area contributed by atoms with Gasteiger partial charge < -0.3 is 4.74 Å². The first-order valence-corrected chi connectivity index (χ1v) is 4.55. The fraction of sp³-hybridized carbons (Fsp3) is 0.600. The number of hydrogen-bond donors (Lipinski definition) is 0. The molecule has 0 spiro atoms. The summed E-state index contributed by atoms with van der Waals surface area (Å²) < 4.78 is 5.14.